The van der Waals surface area contributed by atoms with E-state index in [4.69, 9.17) is 16.4 Å². The topological polar surface area (TPSA) is 111 Å². The minimum absolute atomic E-state index is 0.156. The molecule has 2 aromatic rings. The maximum Gasteiger partial charge on any atom is 0.194 e. The lowest BCUT2D eigenvalue weighted by Crippen LogP contribution is -2.20. The quantitative estimate of drug-likeness (QED) is 0.551. The molecule has 16 heavy (non-hydrogen) atoms. The number of anilines is 1. The van der Waals surface area contributed by atoms with Crippen LogP contribution in [0.2, 0.25) is 0 Å². The fourth-order valence-corrected chi connectivity index (χ4v) is 2.32. The van der Waals surface area contributed by atoms with Crippen LogP contribution < -0.4 is 11.1 Å². The Kier molecular flexibility index (Phi) is 2.80. The van der Waals surface area contributed by atoms with Gasteiger partial charge < -0.3 is 11.1 Å². The third-order valence-corrected chi connectivity index (χ3v) is 3.11. The predicted octanol–water partition coefficient (Wildman–Crippen LogP) is 1.44. The van der Waals surface area contributed by atoms with Gasteiger partial charge in [0.1, 0.15) is 17.5 Å². The fourth-order valence-electron chi connectivity index (χ4n) is 1.01. The van der Waals surface area contributed by atoms with Crippen molar-refractivity contribution in [1.29, 1.82) is 10.7 Å². The number of thiazole rings is 2. The van der Waals surface area contributed by atoms with Crippen LogP contribution in [0.25, 0.3) is 11.4 Å². The van der Waals surface area contributed by atoms with Gasteiger partial charge in [-0.1, -0.05) is 0 Å². The van der Waals surface area contributed by atoms with Gasteiger partial charge >= 0.3 is 0 Å². The molecular formula is C8H6N6S2. The zero-order valence-corrected chi connectivity index (χ0v) is 9.52. The smallest absolute Gasteiger partial charge is 0.194 e. The maximum absolute atomic E-state index is 8.65. The van der Waals surface area contributed by atoms with Gasteiger partial charge in [0.2, 0.25) is 0 Å². The molecule has 2 heterocycles. The highest BCUT2D eigenvalue weighted by molar-refractivity contribution is 7.14. The molecule has 0 aliphatic heterocycles. The molecule has 0 aromatic carbocycles. The number of nitrogens with one attached hydrogen (secondary N) is 2. The first-order valence-electron chi connectivity index (χ1n) is 4.11. The highest BCUT2D eigenvalue weighted by Gasteiger charge is 2.08. The fraction of sp³-hybridized carbons (Fsp3) is 0. The van der Waals surface area contributed by atoms with Crippen molar-refractivity contribution in [2.24, 2.45) is 5.73 Å². The largest absolute Gasteiger partial charge is 0.370 e. The summed E-state index contributed by atoms with van der Waals surface area (Å²) in [7, 11) is 0. The van der Waals surface area contributed by atoms with Crippen LogP contribution in [-0.4, -0.2) is 15.9 Å². The standard InChI is InChI=1S/C8H6N6S2/c9-1-6-12-4(2-15-6)5-3-16-8(13-5)14-7(10)11/h2-3H,(H4,10,11,13,14). The lowest BCUT2D eigenvalue weighted by Gasteiger charge is -1.95. The van der Waals surface area contributed by atoms with Crippen molar-refractivity contribution < 1.29 is 0 Å². The Morgan fingerprint density at radius 1 is 1.38 bits per heavy atom. The van der Waals surface area contributed by atoms with E-state index in [1.807, 2.05) is 6.07 Å². The summed E-state index contributed by atoms with van der Waals surface area (Å²) in [6, 6.07) is 1.97. The molecule has 0 bridgehead atoms. The van der Waals surface area contributed by atoms with Crippen LogP contribution in [0, 0.1) is 16.7 Å². The van der Waals surface area contributed by atoms with Gasteiger partial charge in [0.15, 0.2) is 16.1 Å². The molecule has 2 aromatic heterocycles. The van der Waals surface area contributed by atoms with Crippen LogP contribution in [0.5, 0.6) is 0 Å². The summed E-state index contributed by atoms with van der Waals surface area (Å²) in [5, 5.41) is 22.8. The maximum atomic E-state index is 8.65. The molecule has 0 aliphatic carbocycles. The summed E-state index contributed by atoms with van der Waals surface area (Å²) in [4.78, 5) is 8.27. The number of aromatic nitrogens is 2. The molecule has 8 heteroatoms. The Bertz CT molecular complexity index is 563. The van der Waals surface area contributed by atoms with E-state index in [2.05, 4.69) is 15.3 Å². The number of nitrogens with zero attached hydrogens (tertiary/aromatic N) is 3. The summed E-state index contributed by atoms with van der Waals surface area (Å²) >= 11 is 2.60. The van der Waals surface area contributed by atoms with E-state index < -0.39 is 0 Å². The molecule has 0 radical (unpaired) electrons. The first kappa shape index (κ1) is 10.5. The Morgan fingerprint density at radius 3 is 2.69 bits per heavy atom. The van der Waals surface area contributed by atoms with Crippen LogP contribution in [0.15, 0.2) is 10.8 Å². The first-order valence-corrected chi connectivity index (χ1v) is 5.87. The molecular weight excluding hydrogens is 244 g/mol. The molecule has 80 valence electrons. The predicted molar refractivity (Wildman–Crippen MR) is 63.5 cm³/mol. The average Bonchev–Trinajstić information content (AvgIpc) is 2.83. The number of hydrogen-bond donors (Lipinski definition) is 3. The van der Waals surface area contributed by atoms with Crippen molar-refractivity contribution in [2.75, 3.05) is 5.32 Å². The van der Waals surface area contributed by atoms with Crippen molar-refractivity contribution in [2.45, 2.75) is 0 Å². The first-order chi connectivity index (χ1) is 7.69. The number of hydrogen-bond acceptors (Lipinski definition) is 6. The molecule has 0 unspecified atom stereocenters. The lowest BCUT2D eigenvalue weighted by atomic mass is 10.4. The second-order valence-corrected chi connectivity index (χ2v) is 4.44. The van der Waals surface area contributed by atoms with Gasteiger partial charge in [0.05, 0.1) is 0 Å². The van der Waals surface area contributed by atoms with Gasteiger partial charge in [-0.2, -0.15) is 5.26 Å². The molecule has 0 saturated heterocycles. The number of guanidine groups is 1. The molecule has 4 N–H and O–H groups in total. The number of nitriles is 1. The van der Waals surface area contributed by atoms with Gasteiger partial charge in [-0.05, 0) is 0 Å². The number of rotatable bonds is 2. The Labute approximate surface area is 98.9 Å². The van der Waals surface area contributed by atoms with E-state index in [9.17, 15) is 0 Å². The SMILES string of the molecule is N#Cc1nc(-c2csc(NC(=N)N)n2)cs1. The normalized spacial score (nSPS) is 9.69. The van der Waals surface area contributed by atoms with Crippen LogP contribution in [0.4, 0.5) is 5.13 Å². The van der Waals surface area contributed by atoms with Gasteiger partial charge in [0, 0.05) is 10.8 Å². The van der Waals surface area contributed by atoms with E-state index in [0.29, 0.717) is 21.5 Å². The highest BCUT2D eigenvalue weighted by atomic mass is 32.1. The summed E-state index contributed by atoms with van der Waals surface area (Å²) in [5.74, 6) is -0.156. The van der Waals surface area contributed by atoms with Gasteiger partial charge in [0.25, 0.3) is 0 Å². The van der Waals surface area contributed by atoms with Crippen molar-refractivity contribution >= 4 is 33.8 Å². The van der Waals surface area contributed by atoms with E-state index in [1.54, 1.807) is 10.8 Å². The van der Waals surface area contributed by atoms with E-state index in [-0.39, 0.29) is 5.96 Å². The van der Waals surface area contributed by atoms with Gasteiger partial charge in [-0.15, -0.1) is 22.7 Å². The van der Waals surface area contributed by atoms with Crippen LogP contribution in [0.3, 0.4) is 0 Å². The second-order valence-electron chi connectivity index (χ2n) is 2.73. The Hall–Kier alpha value is -1.98. The molecule has 6 nitrogen and oxygen atoms in total. The lowest BCUT2D eigenvalue weighted by molar-refractivity contribution is 1.30. The molecule has 0 spiro atoms. The summed E-state index contributed by atoms with van der Waals surface area (Å²) in [6.45, 7) is 0. The van der Waals surface area contributed by atoms with E-state index >= 15 is 0 Å². The van der Waals surface area contributed by atoms with Crippen molar-refractivity contribution in [1.82, 2.24) is 9.97 Å². The molecule has 0 atom stereocenters. The van der Waals surface area contributed by atoms with Gasteiger partial charge in [-0.25, -0.2) is 9.97 Å². The Balaban J connectivity index is 2.25. The van der Waals surface area contributed by atoms with Crippen LogP contribution in [-0.2, 0) is 0 Å². The molecule has 2 rings (SSSR count). The second kappa shape index (κ2) is 4.26. The van der Waals surface area contributed by atoms with E-state index in [1.165, 1.54) is 22.7 Å². The minimum atomic E-state index is -0.156. The zero-order chi connectivity index (χ0) is 11.5. The van der Waals surface area contributed by atoms with Crippen LogP contribution in [0.1, 0.15) is 5.01 Å². The number of nitrogens with two attached hydrogens (primary N) is 1. The zero-order valence-electron chi connectivity index (χ0n) is 7.89. The third-order valence-electron chi connectivity index (χ3n) is 1.61. The summed E-state index contributed by atoms with van der Waals surface area (Å²) < 4.78 is 0. The van der Waals surface area contributed by atoms with Crippen molar-refractivity contribution in [3.8, 4) is 17.5 Å². The molecule has 0 fully saturated rings. The van der Waals surface area contributed by atoms with Crippen molar-refractivity contribution in [3.05, 3.63) is 15.8 Å². The monoisotopic (exact) mass is 250 g/mol. The van der Waals surface area contributed by atoms with Crippen LogP contribution >= 0.6 is 22.7 Å². The molecule has 0 saturated carbocycles. The summed E-state index contributed by atoms with van der Waals surface area (Å²) in [6.07, 6.45) is 0. The van der Waals surface area contributed by atoms with Gasteiger partial charge in [-0.3, -0.25) is 5.41 Å². The highest BCUT2D eigenvalue weighted by Crippen LogP contribution is 2.25. The van der Waals surface area contributed by atoms with E-state index in [0.717, 1.165) is 0 Å². The molecule has 0 amide bonds. The Morgan fingerprint density at radius 2 is 2.06 bits per heavy atom. The third kappa shape index (κ3) is 2.16. The van der Waals surface area contributed by atoms with Crippen molar-refractivity contribution in [3.63, 3.8) is 0 Å². The summed E-state index contributed by atoms with van der Waals surface area (Å²) in [5.41, 5.74) is 6.51. The molecule has 0 aliphatic rings. The average molecular weight is 250 g/mol. The minimum Gasteiger partial charge on any atom is -0.370 e.